The number of nitrogens with zero attached hydrogens (tertiary/aromatic N) is 1. The summed E-state index contributed by atoms with van der Waals surface area (Å²) in [5.41, 5.74) is 5.33. The molecule has 2 amide bonds. The minimum Gasteiger partial charge on any atom is -0.328 e. The summed E-state index contributed by atoms with van der Waals surface area (Å²) >= 11 is 0. The highest BCUT2D eigenvalue weighted by Crippen LogP contribution is 2.24. The van der Waals surface area contributed by atoms with E-state index in [-0.39, 0.29) is 5.69 Å². The molecule has 6 heteroatoms. The summed E-state index contributed by atoms with van der Waals surface area (Å²) in [4.78, 5) is 14.0. The van der Waals surface area contributed by atoms with Crippen LogP contribution in [0.25, 0.3) is 0 Å². The molecule has 0 atom stereocenters. The summed E-state index contributed by atoms with van der Waals surface area (Å²) in [6, 6.07) is 2.61. The first kappa shape index (κ1) is 17.4. The lowest BCUT2D eigenvalue weighted by Crippen LogP contribution is -2.56. The van der Waals surface area contributed by atoms with Crippen molar-refractivity contribution in [1.82, 2.24) is 4.90 Å². The molecule has 0 bridgehead atoms. The van der Waals surface area contributed by atoms with Gasteiger partial charge in [-0.2, -0.15) is 0 Å². The Bertz CT molecular complexity index is 482. The lowest BCUT2D eigenvalue weighted by atomic mass is 9.91. The van der Waals surface area contributed by atoms with Gasteiger partial charge >= 0.3 is 6.03 Å². The van der Waals surface area contributed by atoms with E-state index in [0.717, 1.165) is 12.1 Å². The number of halogens is 2. The number of nitrogens with one attached hydrogen (secondary N) is 1. The Kier molecular flexibility index (Phi) is 6.08. The summed E-state index contributed by atoms with van der Waals surface area (Å²) < 4.78 is 26.5. The molecule has 0 fully saturated rings. The smallest absolute Gasteiger partial charge is 0.322 e. The van der Waals surface area contributed by atoms with E-state index in [4.69, 9.17) is 5.73 Å². The van der Waals surface area contributed by atoms with E-state index in [1.54, 1.807) is 4.90 Å². The number of hydrogen-bond donors (Lipinski definition) is 2. The van der Waals surface area contributed by atoms with Gasteiger partial charge in [-0.1, -0.05) is 13.8 Å². The maximum atomic E-state index is 13.6. The quantitative estimate of drug-likeness (QED) is 0.846. The number of amides is 2. The van der Waals surface area contributed by atoms with Crippen molar-refractivity contribution in [3.8, 4) is 0 Å². The molecule has 0 aliphatic rings. The van der Waals surface area contributed by atoms with Crippen molar-refractivity contribution in [2.75, 3.05) is 18.4 Å². The van der Waals surface area contributed by atoms with Crippen LogP contribution in [0.3, 0.4) is 0 Å². The number of likely N-dealkylation sites (N-methyl/N-ethyl adjacent to an activating group) is 1. The van der Waals surface area contributed by atoms with E-state index in [0.29, 0.717) is 25.9 Å². The molecule has 0 aliphatic carbocycles. The van der Waals surface area contributed by atoms with Crippen LogP contribution in [0, 0.1) is 11.6 Å². The van der Waals surface area contributed by atoms with Crippen LogP contribution < -0.4 is 11.1 Å². The number of carbonyl (C=O) groups is 1. The molecule has 1 rings (SSSR count). The molecule has 1 aromatic rings. The first-order valence-electron chi connectivity index (χ1n) is 7.17. The average Bonchev–Trinajstić information content (AvgIpc) is 2.47. The third kappa shape index (κ3) is 3.69. The van der Waals surface area contributed by atoms with Gasteiger partial charge in [-0.25, -0.2) is 13.6 Å². The highest BCUT2D eigenvalue weighted by molar-refractivity contribution is 5.90. The van der Waals surface area contributed by atoms with E-state index in [1.807, 2.05) is 20.8 Å². The van der Waals surface area contributed by atoms with Crippen molar-refractivity contribution in [2.45, 2.75) is 39.2 Å². The largest absolute Gasteiger partial charge is 0.328 e. The van der Waals surface area contributed by atoms with Crippen molar-refractivity contribution >= 4 is 11.7 Å². The van der Waals surface area contributed by atoms with Gasteiger partial charge in [0.05, 0.1) is 11.2 Å². The number of rotatable bonds is 6. The van der Waals surface area contributed by atoms with Gasteiger partial charge in [0.2, 0.25) is 0 Å². The van der Waals surface area contributed by atoms with Crippen LogP contribution in [0.4, 0.5) is 19.3 Å². The third-order valence-corrected chi connectivity index (χ3v) is 4.00. The minimum atomic E-state index is -0.800. The summed E-state index contributed by atoms with van der Waals surface area (Å²) in [5, 5.41) is 2.49. The molecule has 0 radical (unpaired) electrons. The number of benzene rings is 1. The van der Waals surface area contributed by atoms with Crippen molar-refractivity contribution in [3.63, 3.8) is 0 Å². The number of hydrogen-bond acceptors (Lipinski definition) is 2. The van der Waals surface area contributed by atoms with E-state index < -0.39 is 23.2 Å². The van der Waals surface area contributed by atoms with Crippen LogP contribution in [0.2, 0.25) is 0 Å². The molecule has 0 aliphatic heterocycles. The highest BCUT2D eigenvalue weighted by atomic mass is 19.1. The summed E-state index contributed by atoms with van der Waals surface area (Å²) in [6.07, 6.45) is 1.40. The van der Waals surface area contributed by atoms with Gasteiger partial charge < -0.3 is 16.0 Å². The molecular weight excluding hydrogens is 276 g/mol. The standard InChI is InChI=1S/C15H23F2N3O/c1-4-15(5-2,10-18)20(6-3)14(21)19-13-8-7-11(16)9-12(13)17/h7-9H,4-6,10,18H2,1-3H3,(H,19,21). The van der Waals surface area contributed by atoms with Gasteiger partial charge in [0.1, 0.15) is 11.6 Å². The van der Waals surface area contributed by atoms with Gasteiger partial charge in [-0.15, -0.1) is 0 Å². The van der Waals surface area contributed by atoms with E-state index in [2.05, 4.69) is 5.32 Å². The summed E-state index contributed by atoms with van der Waals surface area (Å²) in [7, 11) is 0. The molecule has 118 valence electrons. The second-order valence-electron chi connectivity index (χ2n) is 4.93. The predicted octanol–water partition coefficient (Wildman–Crippen LogP) is 3.34. The number of anilines is 1. The maximum absolute atomic E-state index is 13.6. The molecular formula is C15H23F2N3O. The van der Waals surface area contributed by atoms with Crippen molar-refractivity contribution in [3.05, 3.63) is 29.8 Å². The fraction of sp³-hybridized carbons (Fsp3) is 0.533. The van der Waals surface area contributed by atoms with Gasteiger partial charge in [0.15, 0.2) is 0 Å². The lowest BCUT2D eigenvalue weighted by Gasteiger charge is -2.41. The fourth-order valence-corrected chi connectivity index (χ4v) is 2.50. The Hall–Kier alpha value is -1.69. The van der Waals surface area contributed by atoms with Crippen molar-refractivity contribution in [2.24, 2.45) is 5.73 Å². The van der Waals surface area contributed by atoms with Gasteiger partial charge in [0.25, 0.3) is 0 Å². The monoisotopic (exact) mass is 299 g/mol. The van der Waals surface area contributed by atoms with Gasteiger partial charge in [-0.05, 0) is 31.9 Å². The zero-order valence-electron chi connectivity index (χ0n) is 12.7. The Morgan fingerprint density at radius 3 is 2.33 bits per heavy atom. The molecule has 4 nitrogen and oxygen atoms in total. The van der Waals surface area contributed by atoms with Crippen LogP contribution >= 0.6 is 0 Å². The molecule has 0 unspecified atom stereocenters. The number of nitrogens with two attached hydrogens (primary N) is 1. The third-order valence-electron chi connectivity index (χ3n) is 4.00. The Morgan fingerprint density at radius 2 is 1.90 bits per heavy atom. The Labute approximate surface area is 124 Å². The fourth-order valence-electron chi connectivity index (χ4n) is 2.50. The second kappa shape index (κ2) is 7.36. The van der Waals surface area contributed by atoms with Crippen LogP contribution in [-0.2, 0) is 0 Å². The predicted molar refractivity (Wildman–Crippen MR) is 80.1 cm³/mol. The number of carbonyl (C=O) groups excluding carboxylic acids is 1. The second-order valence-corrected chi connectivity index (χ2v) is 4.93. The van der Waals surface area contributed by atoms with Crippen LogP contribution in [0.1, 0.15) is 33.6 Å². The first-order chi connectivity index (χ1) is 9.93. The zero-order valence-corrected chi connectivity index (χ0v) is 12.7. The van der Waals surface area contributed by atoms with Gasteiger partial charge in [-0.3, -0.25) is 0 Å². The molecule has 0 saturated carbocycles. The van der Waals surface area contributed by atoms with Crippen molar-refractivity contribution in [1.29, 1.82) is 0 Å². The Balaban J connectivity index is 2.98. The molecule has 0 saturated heterocycles. The minimum absolute atomic E-state index is 0.0435. The number of urea groups is 1. The SMILES string of the molecule is CCN(C(=O)Nc1ccc(F)cc1F)C(CC)(CC)CN. The first-order valence-corrected chi connectivity index (χ1v) is 7.17. The highest BCUT2D eigenvalue weighted by Gasteiger charge is 2.34. The normalized spacial score (nSPS) is 11.3. The van der Waals surface area contributed by atoms with Crippen molar-refractivity contribution < 1.29 is 13.6 Å². The van der Waals surface area contributed by atoms with Crippen LogP contribution in [0.5, 0.6) is 0 Å². The van der Waals surface area contributed by atoms with E-state index in [9.17, 15) is 13.6 Å². The van der Waals surface area contributed by atoms with E-state index in [1.165, 1.54) is 6.07 Å². The zero-order chi connectivity index (χ0) is 16.0. The molecule has 0 heterocycles. The summed E-state index contributed by atoms with van der Waals surface area (Å²) in [5.74, 6) is -1.48. The molecule has 0 aromatic heterocycles. The lowest BCUT2D eigenvalue weighted by molar-refractivity contribution is 0.122. The maximum Gasteiger partial charge on any atom is 0.322 e. The molecule has 3 N–H and O–H groups in total. The molecule has 21 heavy (non-hydrogen) atoms. The van der Waals surface area contributed by atoms with Gasteiger partial charge in [0, 0.05) is 19.2 Å². The molecule has 0 spiro atoms. The summed E-state index contributed by atoms with van der Waals surface area (Å²) in [6.45, 7) is 6.55. The molecule has 1 aromatic carbocycles. The topological polar surface area (TPSA) is 58.4 Å². The van der Waals surface area contributed by atoms with Crippen LogP contribution in [0.15, 0.2) is 18.2 Å². The van der Waals surface area contributed by atoms with Crippen LogP contribution in [-0.4, -0.2) is 29.6 Å². The van der Waals surface area contributed by atoms with E-state index >= 15 is 0 Å². The average molecular weight is 299 g/mol. The Morgan fingerprint density at radius 1 is 1.29 bits per heavy atom.